The lowest BCUT2D eigenvalue weighted by atomic mass is 10.2. The van der Waals surface area contributed by atoms with Gasteiger partial charge in [0.2, 0.25) is 5.43 Å². The van der Waals surface area contributed by atoms with Crippen molar-refractivity contribution in [2.45, 2.75) is 19.7 Å². The van der Waals surface area contributed by atoms with Crippen LogP contribution >= 0.6 is 0 Å². The van der Waals surface area contributed by atoms with E-state index in [9.17, 15) is 14.7 Å². The van der Waals surface area contributed by atoms with Crippen LogP contribution in [0, 0.1) is 0 Å². The molecule has 3 N–H and O–H groups in total. The van der Waals surface area contributed by atoms with E-state index < -0.39 is 30.3 Å². The van der Waals surface area contributed by atoms with Crippen molar-refractivity contribution >= 4 is 5.97 Å². The van der Waals surface area contributed by atoms with E-state index >= 15 is 0 Å². The maximum atomic E-state index is 11.5. The van der Waals surface area contributed by atoms with Crippen molar-refractivity contribution in [3.63, 3.8) is 0 Å². The van der Waals surface area contributed by atoms with Crippen LogP contribution in [-0.2, 0) is 24.5 Å². The van der Waals surface area contributed by atoms with Gasteiger partial charge < -0.3 is 24.8 Å². The number of aliphatic hydroxyl groups is 1. The molecule has 1 rings (SSSR count). The molecule has 7 nitrogen and oxygen atoms in total. The number of rotatable bonds is 5. The standard InChI is InChI=1S/C11H16N2O5/c1-12(2)4-8-11(18)9(15)3-7(6-14)13(8)5-10(16)17/h3,14,18H,4-6H2,1-2H3,(H,16,17). The molecule has 0 aliphatic heterocycles. The molecule has 0 saturated carbocycles. The molecule has 0 aliphatic carbocycles. The van der Waals surface area contributed by atoms with Gasteiger partial charge >= 0.3 is 5.97 Å². The van der Waals surface area contributed by atoms with E-state index in [4.69, 9.17) is 10.2 Å². The van der Waals surface area contributed by atoms with Gasteiger partial charge in [-0.15, -0.1) is 0 Å². The molecule has 100 valence electrons. The molecular formula is C11H16N2O5. The number of hydrogen-bond donors (Lipinski definition) is 3. The highest BCUT2D eigenvalue weighted by molar-refractivity contribution is 5.67. The van der Waals surface area contributed by atoms with Crippen molar-refractivity contribution < 1.29 is 20.1 Å². The van der Waals surface area contributed by atoms with Crippen LogP contribution in [0.1, 0.15) is 11.4 Å². The summed E-state index contributed by atoms with van der Waals surface area (Å²) in [6.07, 6.45) is 0. The van der Waals surface area contributed by atoms with Gasteiger partial charge in [0.1, 0.15) is 6.54 Å². The number of aromatic hydroxyl groups is 1. The van der Waals surface area contributed by atoms with E-state index in [1.165, 1.54) is 4.57 Å². The van der Waals surface area contributed by atoms with Crippen LogP contribution in [0.2, 0.25) is 0 Å². The molecule has 0 bridgehead atoms. The van der Waals surface area contributed by atoms with E-state index in [1.54, 1.807) is 19.0 Å². The highest BCUT2D eigenvalue weighted by Crippen LogP contribution is 2.16. The summed E-state index contributed by atoms with van der Waals surface area (Å²) in [5.41, 5.74) is -0.284. The van der Waals surface area contributed by atoms with Crippen LogP contribution < -0.4 is 5.43 Å². The predicted octanol–water partition coefficient (Wildman–Crippen LogP) is -0.808. The Labute approximate surface area is 104 Å². The molecule has 1 heterocycles. The summed E-state index contributed by atoms with van der Waals surface area (Å²) in [5.74, 6) is -1.60. The zero-order valence-corrected chi connectivity index (χ0v) is 10.3. The van der Waals surface area contributed by atoms with Gasteiger partial charge in [0, 0.05) is 18.3 Å². The van der Waals surface area contributed by atoms with E-state index in [-0.39, 0.29) is 17.9 Å². The second-order valence-corrected chi connectivity index (χ2v) is 4.17. The van der Waals surface area contributed by atoms with Crippen LogP contribution in [0.5, 0.6) is 5.75 Å². The summed E-state index contributed by atoms with van der Waals surface area (Å²) in [4.78, 5) is 24.0. The van der Waals surface area contributed by atoms with Crippen molar-refractivity contribution in [3.8, 4) is 5.75 Å². The van der Waals surface area contributed by atoms with Crippen LogP contribution in [-0.4, -0.2) is 44.9 Å². The quantitative estimate of drug-likeness (QED) is 0.637. The van der Waals surface area contributed by atoms with Crippen LogP contribution in [0.25, 0.3) is 0 Å². The number of pyridine rings is 1. The Morgan fingerprint density at radius 1 is 1.44 bits per heavy atom. The molecule has 0 aromatic carbocycles. The van der Waals surface area contributed by atoms with Gasteiger partial charge in [0.15, 0.2) is 5.75 Å². The third-order valence-electron chi connectivity index (χ3n) is 2.40. The molecule has 0 aliphatic rings. The number of carbonyl (C=O) groups is 1. The van der Waals surface area contributed by atoms with E-state index in [0.29, 0.717) is 0 Å². The molecule has 0 fully saturated rings. The maximum absolute atomic E-state index is 11.5. The Kier molecular flexibility index (Phi) is 4.46. The van der Waals surface area contributed by atoms with E-state index in [0.717, 1.165) is 6.07 Å². The molecule has 18 heavy (non-hydrogen) atoms. The highest BCUT2D eigenvalue weighted by atomic mass is 16.4. The highest BCUT2D eigenvalue weighted by Gasteiger charge is 2.16. The number of nitrogens with zero attached hydrogens (tertiary/aromatic N) is 2. The molecule has 0 radical (unpaired) electrons. The third-order valence-corrected chi connectivity index (χ3v) is 2.40. The monoisotopic (exact) mass is 256 g/mol. The number of aliphatic carboxylic acids is 1. The molecule has 7 heteroatoms. The average Bonchev–Trinajstić information content (AvgIpc) is 2.27. The van der Waals surface area contributed by atoms with Gasteiger partial charge in [-0.1, -0.05) is 0 Å². The van der Waals surface area contributed by atoms with E-state index in [2.05, 4.69) is 0 Å². The molecular weight excluding hydrogens is 240 g/mol. The lowest BCUT2D eigenvalue weighted by Gasteiger charge is -2.19. The normalized spacial score (nSPS) is 10.9. The zero-order valence-electron chi connectivity index (χ0n) is 10.3. The molecule has 0 amide bonds. The maximum Gasteiger partial charge on any atom is 0.323 e. The summed E-state index contributed by atoms with van der Waals surface area (Å²) in [7, 11) is 3.45. The second-order valence-electron chi connectivity index (χ2n) is 4.17. The third kappa shape index (κ3) is 3.08. The van der Waals surface area contributed by atoms with Crippen molar-refractivity contribution in [1.82, 2.24) is 9.47 Å². The summed E-state index contributed by atoms with van der Waals surface area (Å²) in [5, 5.41) is 27.7. The van der Waals surface area contributed by atoms with Gasteiger partial charge in [0.25, 0.3) is 0 Å². The smallest absolute Gasteiger partial charge is 0.323 e. The number of aromatic nitrogens is 1. The van der Waals surface area contributed by atoms with Crippen molar-refractivity contribution in [2.24, 2.45) is 0 Å². The lowest BCUT2D eigenvalue weighted by molar-refractivity contribution is -0.137. The van der Waals surface area contributed by atoms with E-state index in [1.807, 2.05) is 0 Å². The largest absolute Gasteiger partial charge is 0.503 e. The number of carboxylic acids is 1. The minimum Gasteiger partial charge on any atom is -0.503 e. The fourth-order valence-corrected chi connectivity index (χ4v) is 1.66. The minimum atomic E-state index is -1.12. The number of hydrogen-bond acceptors (Lipinski definition) is 5. The Hall–Kier alpha value is -1.86. The first-order valence-corrected chi connectivity index (χ1v) is 5.28. The average molecular weight is 256 g/mol. The fraction of sp³-hybridized carbons (Fsp3) is 0.455. The van der Waals surface area contributed by atoms with Crippen LogP contribution in [0.4, 0.5) is 0 Å². The molecule has 0 spiro atoms. The molecule has 0 saturated heterocycles. The molecule has 1 aromatic heterocycles. The molecule has 0 atom stereocenters. The van der Waals surface area contributed by atoms with Gasteiger partial charge in [-0.3, -0.25) is 9.59 Å². The Morgan fingerprint density at radius 3 is 2.50 bits per heavy atom. The van der Waals surface area contributed by atoms with Crippen molar-refractivity contribution in [2.75, 3.05) is 14.1 Å². The lowest BCUT2D eigenvalue weighted by Crippen LogP contribution is -2.25. The van der Waals surface area contributed by atoms with Crippen molar-refractivity contribution in [3.05, 3.63) is 27.7 Å². The summed E-state index contributed by atoms with van der Waals surface area (Å²) in [6.45, 7) is -0.696. The Bertz CT molecular complexity index is 507. The second kappa shape index (κ2) is 5.65. The molecule has 0 unspecified atom stereocenters. The SMILES string of the molecule is CN(C)Cc1c(O)c(=O)cc(CO)n1CC(=O)O. The first-order chi connectivity index (χ1) is 8.36. The Balaban J connectivity index is 3.44. The summed E-state index contributed by atoms with van der Waals surface area (Å²) in [6, 6.07) is 1.04. The zero-order chi connectivity index (χ0) is 13.9. The first-order valence-electron chi connectivity index (χ1n) is 5.28. The summed E-state index contributed by atoms with van der Waals surface area (Å²) >= 11 is 0. The predicted molar refractivity (Wildman–Crippen MR) is 63.3 cm³/mol. The fourth-order valence-electron chi connectivity index (χ4n) is 1.66. The number of carboxylic acid groups (broad SMARTS) is 1. The first kappa shape index (κ1) is 14.2. The van der Waals surface area contributed by atoms with Crippen LogP contribution in [0.15, 0.2) is 10.9 Å². The number of aliphatic hydroxyl groups excluding tert-OH is 1. The van der Waals surface area contributed by atoms with Gasteiger partial charge in [-0.2, -0.15) is 0 Å². The summed E-state index contributed by atoms with van der Waals surface area (Å²) < 4.78 is 1.24. The minimum absolute atomic E-state index is 0.164. The topological polar surface area (TPSA) is 103 Å². The van der Waals surface area contributed by atoms with Gasteiger partial charge in [0.05, 0.1) is 12.3 Å². The van der Waals surface area contributed by atoms with Gasteiger partial charge in [-0.25, -0.2) is 0 Å². The Morgan fingerprint density at radius 2 is 2.06 bits per heavy atom. The van der Waals surface area contributed by atoms with Crippen LogP contribution in [0.3, 0.4) is 0 Å². The molecule has 1 aromatic rings. The van der Waals surface area contributed by atoms with Crippen molar-refractivity contribution in [1.29, 1.82) is 0 Å². The van der Waals surface area contributed by atoms with Gasteiger partial charge in [-0.05, 0) is 14.1 Å².